The maximum Gasteiger partial charge on any atom is 0.0941 e. The molecule has 0 saturated heterocycles. The lowest BCUT2D eigenvalue weighted by Gasteiger charge is -2.31. The van der Waals surface area contributed by atoms with Crippen molar-refractivity contribution in [1.82, 2.24) is 9.88 Å². The highest BCUT2D eigenvalue weighted by molar-refractivity contribution is 7.09. The zero-order valence-electron chi connectivity index (χ0n) is 12.7. The molecule has 0 fully saturated rings. The molecule has 0 amide bonds. The molecule has 19 heavy (non-hydrogen) atoms. The van der Waals surface area contributed by atoms with Gasteiger partial charge >= 0.3 is 0 Å². The summed E-state index contributed by atoms with van der Waals surface area (Å²) in [7, 11) is 0. The van der Waals surface area contributed by atoms with E-state index in [9.17, 15) is 0 Å². The number of alkyl halides is 1. The first-order chi connectivity index (χ1) is 9.10. The summed E-state index contributed by atoms with van der Waals surface area (Å²) in [5.74, 6) is 1.24. The number of nitrogens with zero attached hydrogens (tertiary/aromatic N) is 2. The van der Waals surface area contributed by atoms with Crippen LogP contribution in [0.25, 0.3) is 0 Å². The highest BCUT2D eigenvalue weighted by atomic mass is 35.5. The Bertz CT molecular complexity index is 348. The first kappa shape index (κ1) is 16.9. The van der Waals surface area contributed by atoms with Crippen molar-refractivity contribution in [1.29, 1.82) is 0 Å². The molecular formula is C15H27ClN2S. The van der Waals surface area contributed by atoms with Crippen LogP contribution in [0.5, 0.6) is 0 Å². The quantitative estimate of drug-likeness (QED) is 0.621. The highest BCUT2D eigenvalue weighted by Gasteiger charge is 2.16. The van der Waals surface area contributed by atoms with E-state index in [1.54, 1.807) is 11.3 Å². The average molecular weight is 303 g/mol. The van der Waals surface area contributed by atoms with E-state index in [-0.39, 0.29) is 0 Å². The van der Waals surface area contributed by atoms with Crippen LogP contribution < -0.4 is 0 Å². The van der Waals surface area contributed by atoms with Gasteiger partial charge in [-0.1, -0.05) is 27.7 Å². The lowest BCUT2D eigenvalue weighted by Crippen LogP contribution is -2.38. The highest BCUT2D eigenvalue weighted by Crippen LogP contribution is 2.16. The summed E-state index contributed by atoms with van der Waals surface area (Å²) in [5, 5.41) is 3.29. The van der Waals surface area contributed by atoms with E-state index in [1.807, 2.05) is 0 Å². The van der Waals surface area contributed by atoms with Crippen LogP contribution in [0.2, 0.25) is 0 Å². The Hall–Kier alpha value is -0.120. The van der Waals surface area contributed by atoms with Crippen LogP contribution in [0.15, 0.2) is 5.38 Å². The van der Waals surface area contributed by atoms with Crippen molar-refractivity contribution in [3.8, 4) is 0 Å². The van der Waals surface area contributed by atoms with E-state index in [1.165, 1.54) is 24.4 Å². The molecule has 4 heteroatoms. The Kier molecular flexibility index (Phi) is 7.96. The second kappa shape index (κ2) is 8.93. The average Bonchev–Trinajstić information content (AvgIpc) is 2.84. The fraction of sp³-hybridized carbons (Fsp3) is 0.800. The normalized spacial score (nSPS) is 12.0. The van der Waals surface area contributed by atoms with E-state index >= 15 is 0 Å². The number of rotatable bonds is 9. The van der Waals surface area contributed by atoms with Gasteiger partial charge in [0.2, 0.25) is 0 Å². The number of thiazole rings is 1. The van der Waals surface area contributed by atoms with Crippen molar-refractivity contribution in [2.24, 2.45) is 5.92 Å². The van der Waals surface area contributed by atoms with Crippen LogP contribution in [0, 0.1) is 5.92 Å². The number of hydrogen-bond donors (Lipinski definition) is 0. The third-order valence-electron chi connectivity index (χ3n) is 3.41. The van der Waals surface area contributed by atoms with Gasteiger partial charge in [0.1, 0.15) is 0 Å². The summed E-state index contributed by atoms with van der Waals surface area (Å²) in [5.41, 5.74) is 1.01. The second-order valence-corrected chi connectivity index (χ2v) is 6.69. The number of aromatic nitrogens is 1. The lowest BCUT2D eigenvalue weighted by atomic mass is 10.1. The van der Waals surface area contributed by atoms with Gasteiger partial charge in [-0.15, -0.1) is 22.9 Å². The Morgan fingerprint density at radius 3 is 2.47 bits per heavy atom. The molecule has 0 N–H and O–H groups in total. The summed E-state index contributed by atoms with van der Waals surface area (Å²) in [6, 6.07) is 0.704. The molecule has 0 unspecified atom stereocenters. The van der Waals surface area contributed by atoms with Crippen molar-refractivity contribution < 1.29 is 0 Å². The van der Waals surface area contributed by atoms with Crippen molar-refractivity contribution in [3.63, 3.8) is 0 Å². The van der Waals surface area contributed by atoms with Crippen LogP contribution in [-0.2, 0) is 12.3 Å². The van der Waals surface area contributed by atoms with Gasteiger partial charge in [0.05, 0.1) is 16.6 Å². The Labute approximate surface area is 127 Å². The molecule has 0 aliphatic carbocycles. The number of halogens is 1. The van der Waals surface area contributed by atoms with E-state index in [0.29, 0.717) is 11.9 Å². The molecule has 2 nitrogen and oxygen atoms in total. The van der Waals surface area contributed by atoms with E-state index in [4.69, 9.17) is 11.6 Å². The van der Waals surface area contributed by atoms with Gasteiger partial charge in [0.15, 0.2) is 0 Å². The fourth-order valence-electron chi connectivity index (χ4n) is 2.46. The smallest absolute Gasteiger partial charge is 0.0941 e. The molecule has 0 spiro atoms. The SMILES string of the molecule is CCC(CC)N(CCc1nc(CCl)cs1)CC(C)C. The summed E-state index contributed by atoms with van der Waals surface area (Å²) in [6.07, 6.45) is 3.51. The largest absolute Gasteiger partial charge is 0.300 e. The molecule has 0 radical (unpaired) electrons. The monoisotopic (exact) mass is 302 g/mol. The van der Waals surface area contributed by atoms with Crippen molar-refractivity contribution >= 4 is 22.9 Å². The second-order valence-electron chi connectivity index (χ2n) is 5.48. The minimum absolute atomic E-state index is 0.527. The van der Waals surface area contributed by atoms with Gasteiger partial charge in [0.25, 0.3) is 0 Å². The van der Waals surface area contributed by atoms with E-state index < -0.39 is 0 Å². The molecule has 0 saturated carbocycles. The van der Waals surface area contributed by atoms with Crippen LogP contribution in [0.4, 0.5) is 0 Å². The zero-order chi connectivity index (χ0) is 14.3. The van der Waals surface area contributed by atoms with Gasteiger partial charge < -0.3 is 0 Å². The van der Waals surface area contributed by atoms with Gasteiger partial charge in [-0.25, -0.2) is 4.98 Å². The molecule has 0 bridgehead atoms. The minimum Gasteiger partial charge on any atom is -0.300 e. The summed E-state index contributed by atoms with van der Waals surface area (Å²) in [6.45, 7) is 11.5. The van der Waals surface area contributed by atoms with Gasteiger partial charge in [0, 0.05) is 30.9 Å². The predicted molar refractivity (Wildman–Crippen MR) is 86.2 cm³/mol. The van der Waals surface area contributed by atoms with Crippen molar-refractivity contribution in [3.05, 3.63) is 16.1 Å². The standard InChI is InChI=1S/C15H27ClN2S/c1-5-14(6-2)18(10-12(3)4)8-7-15-17-13(9-16)11-19-15/h11-12,14H,5-10H2,1-4H3. The van der Waals surface area contributed by atoms with Crippen LogP contribution in [0.3, 0.4) is 0 Å². The van der Waals surface area contributed by atoms with Crippen LogP contribution >= 0.6 is 22.9 Å². The molecule has 0 atom stereocenters. The van der Waals surface area contributed by atoms with Gasteiger partial charge in [-0.2, -0.15) is 0 Å². The zero-order valence-corrected chi connectivity index (χ0v) is 14.2. The van der Waals surface area contributed by atoms with Gasteiger partial charge in [-0.3, -0.25) is 4.90 Å². The van der Waals surface area contributed by atoms with Crippen molar-refractivity contribution in [2.75, 3.05) is 13.1 Å². The van der Waals surface area contributed by atoms with Crippen molar-refractivity contribution in [2.45, 2.75) is 58.9 Å². The maximum absolute atomic E-state index is 5.80. The molecule has 0 aromatic carbocycles. The third kappa shape index (κ3) is 5.80. The van der Waals surface area contributed by atoms with Crippen LogP contribution in [-0.4, -0.2) is 29.0 Å². The molecule has 0 aliphatic rings. The Balaban J connectivity index is 2.56. The molecular weight excluding hydrogens is 276 g/mol. The molecule has 110 valence electrons. The third-order valence-corrected chi connectivity index (χ3v) is 4.64. The summed E-state index contributed by atoms with van der Waals surface area (Å²) >= 11 is 7.54. The Morgan fingerprint density at radius 1 is 1.32 bits per heavy atom. The minimum atomic E-state index is 0.527. The predicted octanol–water partition coefficient (Wildman–Crippen LogP) is 4.57. The topological polar surface area (TPSA) is 16.1 Å². The Morgan fingerprint density at radius 2 is 2.00 bits per heavy atom. The fourth-order valence-corrected chi connectivity index (χ4v) is 3.48. The van der Waals surface area contributed by atoms with E-state index in [0.717, 1.165) is 24.6 Å². The molecule has 1 heterocycles. The summed E-state index contributed by atoms with van der Waals surface area (Å²) in [4.78, 5) is 7.18. The van der Waals surface area contributed by atoms with Gasteiger partial charge in [-0.05, 0) is 18.8 Å². The molecule has 1 rings (SSSR count). The first-order valence-electron chi connectivity index (χ1n) is 7.33. The lowest BCUT2D eigenvalue weighted by molar-refractivity contribution is 0.168. The molecule has 1 aromatic rings. The first-order valence-corrected chi connectivity index (χ1v) is 8.75. The van der Waals surface area contributed by atoms with E-state index in [2.05, 4.69) is 43.0 Å². The molecule has 1 aromatic heterocycles. The maximum atomic E-state index is 5.80. The number of hydrogen-bond acceptors (Lipinski definition) is 3. The summed E-state index contributed by atoms with van der Waals surface area (Å²) < 4.78 is 0. The van der Waals surface area contributed by atoms with Crippen LogP contribution in [0.1, 0.15) is 51.2 Å². The molecule has 0 aliphatic heterocycles.